The van der Waals surface area contributed by atoms with E-state index in [0.29, 0.717) is 38.2 Å². The maximum absolute atomic E-state index is 13.3. The average Bonchev–Trinajstić information content (AvgIpc) is 3.59. The van der Waals surface area contributed by atoms with Crippen molar-refractivity contribution in [3.8, 4) is 5.69 Å². The fourth-order valence-electron chi connectivity index (χ4n) is 5.21. The van der Waals surface area contributed by atoms with Gasteiger partial charge in [0.2, 0.25) is 5.95 Å². The van der Waals surface area contributed by atoms with Crippen molar-refractivity contribution in [2.75, 3.05) is 18.9 Å². The van der Waals surface area contributed by atoms with E-state index in [1.165, 1.54) is 40.9 Å². The topological polar surface area (TPSA) is 83.3 Å². The maximum atomic E-state index is 13.3. The van der Waals surface area contributed by atoms with Gasteiger partial charge in [-0.2, -0.15) is 0 Å². The van der Waals surface area contributed by atoms with Gasteiger partial charge in [-0.1, -0.05) is 35.3 Å². The highest BCUT2D eigenvalue weighted by atomic mass is 35.5. The molecule has 6 rings (SSSR count). The molecular formula is C26H23Cl2N5O2. The highest BCUT2D eigenvalue weighted by molar-refractivity contribution is 6.37. The molecule has 2 aromatic heterocycles. The Morgan fingerprint density at radius 3 is 2.69 bits per heavy atom. The zero-order valence-electron chi connectivity index (χ0n) is 19.1. The van der Waals surface area contributed by atoms with Gasteiger partial charge < -0.3 is 15.3 Å². The van der Waals surface area contributed by atoms with Crippen molar-refractivity contribution in [2.24, 2.45) is 5.41 Å². The zero-order valence-corrected chi connectivity index (χ0v) is 20.6. The molecule has 0 saturated heterocycles. The van der Waals surface area contributed by atoms with Crippen LogP contribution < -0.4 is 10.9 Å². The number of aliphatic hydroxyl groups is 1. The molecule has 2 N–H and O–H groups in total. The molecule has 1 fully saturated rings. The number of aliphatic hydroxyl groups excluding tert-OH is 1. The molecule has 0 amide bonds. The number of pyridine rings is 1. The van der Waals surface area contributed by atoms with Crippen LogP contribution in [0.2, 0.25) is 10.0 Å². The lowest BCUT2D eigenvalue weighted by atomic mass is 9.82. The van der Waals surface area contributed by atoms with E-state index in [9.17, 15) is 9.90 Å². The normalized spacial score (nSPS) is 18.2. The molecule has 0 radical (unpaired) electrons. The number of aromatic nitrogens is 3. The van der Waals surface area contributed by atoms with Crippen LogP contribution in [0.15, 0.2) is 70.6 Å². The lowest BCUT2D eigenvalue weighted by Gasteiger charge is -2.35. The fourth-order valence-corrected chi connectivity index (χ4v) is 5.79. The lowest BCUT2D eigenvalue weighted by Crippen LogP contribution is -2.31. The summed E-state index contributed by atoms with van der Waals surface area (Å²) >= 11 is 12.7. The van der Waals surface area contributed by atoms with Crippen LogP contribution in [0.5, 0.6) is 0 Å². The summed E-state index contributed by atoms with van der Waals surface area (Å²) in [5.74, 6) is 0.370. The van der Waals surface area contributed by atoms with E-state index in [4.69, 9.17) is 23.2 Å². The first-order valence-electron chi connectivity index (χ1n) is 11.4. The first-order chi connectivity index (χ1) is 16.9. The van der Waals surface area contributed by atoms with E-state index in [1.54, 1.807) is 18.2 Å². The summed E-state index contributed by atoms with van der Waals surface area (Å²) in [6.45, 7) is 0.763. The van der Waals surface area contributed by atoms with Crippen LogP contribution in [0.4, 0.5) is 5.95 Å². The Kier molecular flexibility index (Phi) is 5.25. The van der Waals surface area contributed by atoms with Crippen molar-refractivity contribution in [1.29, 1.82) is 0 Å². The second kappa shape index (κ2) is 8.22. The predicted molar refractivity (Wildman–Crippen MR) is 138 cm³/mol. The molecule has 3 aliphatic rings. The highest BCUT2D eigenvalue weighted by Gasteiger charge is 2.49. The van der Waals surface area contributed by atoms with Crippen LogP contribution >= 0.6 is 23.2 Å². The summed E-state index contributed by atoms with van der Waals surface area (Å²) in [5, 5.41) is 14.3. The van der Waals surface area contributed by atoms with Crippen LogP contribution in [-0.4, -0.2) is 38.1 Å². The van der Waals surface area contributed by atoms with Crippen LogP contribution in [0.25, 0.3) is 16.6 Å². The molecule has 9 heteroatoms. The highest BCUT2D eigenvalue weighted by Crippen LogP contribution is 2.57. The van der Waals surface area contributed by atoms with Crippen molar-refractivity contribution in [3.05, 3.63) is 91.8 Å². The Hall–Kier alpha value is -3.13. The standard InChI is InChI=1S/C26H23Cl2N5O2/c1-32-11-15-9-17(5-6-19(15)26(14-32)7-8-26)30-25-29-10-18-22(31-25)16(13-34)12-33(24(18)35)23-20(27)3-2-4-21(23)28/h2-6,10-12,34H,7-9,13-14H2,1H3,(H,29,30,31). The first-order valence-corrected chi connectivity index (χ1v) is 12.2. The summed E-state index contributed by atoms with van der Waals surface area (Å²) in [7, 11) is 2.13. The molecule has 1 spiro atoms. The molecule has 1 saturated carbocycles. The Balaban J connectivity index is 1.38. The predicted octanol–water partition coefficient (Wildman–Crippen LogP) is 4.82. The third-order valence-electron chi connectivity index (χ3n) is 6.98. The molecule has 3 heterocycles. The fraction of sp³-hybridized carbons (Fsp3) is 0.269. The zero-order chi connectivity index (χ0) is 24.3. The average molecular weight is 508 g/mol. The van der Waals surface area contributed by atoms with Crippen molar-refractivity contribution >= 4 is 40.1 Å². The van der Waals surface area contributed by atoms with Crippen LogP contribution in [0.1, 0.15) is 24.8 Å². The quantitative estimate of drug-likeness (QED) is 0.526. The van der Waals surface area contributed by atoms with Gasteiger partial charge in [0.05, 0.1) is 33.2 Å². The summed E-state index contributed by atoms with van der Waals surface area (Å²) < 4.78 is 1.34. The molecule has 7 nitrogen and oxygen atoms in total. The lowest BCUT2D eigenvalue weighted by molar-refractivity contribution is 0.282. The number of anilines is 1. The van der Waals surface area contributed by atoms with E-state index in [1.807, 2.05) is 0 Å². The number of hydrogen-bond acceptors (Lipinski definition) is 6. The number of allylic oxidation sites excluding steroid dienone is 3. The Labute approximate surface area is 212 Å². The second-order valence-electron chi connectivity index (χ2n) is 9.44. The van der Waals surface area contributed by atoms with Gasteiger partial charge >= 0.3 is 0 Å². The van der Waals surface area contributed by atoms with Gasteiger partial charge in [0.15, 0.2) is 0 Å². The van der Waals surface area contributed by atoms with Crippen molar-refractivity contribution < 1.29 is 5.11 Å². The number of nitrogens with zero attached hydrogens (tertiary/aromatic N) is 4. The Morgan fingerprint density at radius 2 is 1.97 bits per heavy atom. The van der Waals surface area contributed by atoms with Crippen molar-refractivity contribution in [2.45, 2.75) is 25.9 Å². The van der Waals surface area contributed by atoms with Crippen LogP contribution in [0, 0.1) is 5.41 Å². The minimum absolute atomic E-state index is 0.269. The molecule has 3 aromatic rings. The molecular weight excluding hydrogens is 485 g/mol. The summed E-state index contributed by atoms with van der Waals surface area (Å²) in [5.41, 5.74) is 4.90. The largest absolute Gasteiger partial charge is 0.392 e. The van der Waals surface area contributed by atoms with E-state index in [-0.39, 0.29) is 17.6 Å². The van der Waals surface area contributed by atoms with Crippen LogP contribution in [0.3, 0.4) is 0 Å². The monoisotopic (exact) mass is 507 g/mol. The van der Waals surface area contributed by atoms with Crippen molar-refractivity contribution in [3.63, 3.8) is 0 Å². The van der Waals surface area contributed by atoms with Gasteiger partial charge in [-0.05, 0) is 42.2 Å². The van der Waals surface area contributed by atoms with Gasteiger partial charge in [-0.3, -0.25) is 9.36 Å². The first kappa shape index (κ1) is 22.3. The smallest absolute Gasteiger partial charge is 0.266 e. The van der Waals surface area contributed by atoms with E-state index in [0.717, 1.165) is 18.7 Å². The molecule has 0 unspecified atom stereocenters. The Morgan fingerprint density at radius 1 is 1.20 bits per heavy atom. The van der Waals surface area contributed by atoms with Gasteiger partial charge in [0.1, 0.15) is 0 Å². The second-order valence-corrected chi connectivity index (χ2v) is 10.3. The molecule has 1 aliphatic heterocycles. The summed E-state index contributed by atoms with van der Waals surface area (Å²) in [6, 6.07) is 5.02. The van der Waals surface area contributed by atoms with Crippen LogP contribution in [-0.2, 0) is 6.61 Å². The Bertz CT molecular complexity index is 1510. The minimum Gasteiger partial charge on any atom is -0.392 e. The summed E-state index contributed by atoms with van der Waals surface area (Å²) in [6.07, 6.45) is 12.8. The maximum Gasteiger partial charge on any atom is 0.266 e. The van der Waals surface area contributed by atoms with Gasteiger partial charge in [-0.15, -0.1) is 0 Å². The number of nitrogens with one attached hydrogen (secondary N) is 1. The number of rotatable bonds is 4. The molecule has 35 heavy (non-hydrogen) atoms. The van der Waals surface area contributed by atoms with E-state index in [2.05, 4.69) is 45.6 Å². The van der Waals surface area contributed by atoms with E-state index < -0.39 is 0 Å². The van der Waals surface area contributed by atoms with Gasteiger partial charge in [0.25, 0.3) is 5.56 Å². The third-order valence-corrected chi connectivity index (χ3v) is 7.59. The molecule has 0 bridgehead atoms. The minimum atomic E-state index is -0.367. The number of benzene rings is 1. The third kappa shape index (κ3) is 3.75. The molecule has 0 atom stereocenters. The number of hydrogen-bond donors (Lipinski definition) is 2. The SMILES string of the molecule is CN1C=C2CC(Nc3ncc4c(=O)n(-c5c(Cl)cccc5Cl)cc(CO)c4n3)=CC=C2C2(CC2)C1. The van der Waals surface area contributed by atoms with E-state index >= 15 is 0 Å². The number of fused-ring (bicyclic) bond motifs is 3. The number of halogens is 2. The summed E-state index contributed by atoms with van der Waals surface area (Å²) in [4.78, 5) is 24.6. The molecule has 2 aliphatic carbocycles. The van der Waals surface area contributed by atoms with Crippen molar-refractivity contribution in [1.82, 2.24) is 19.4 Å². The molecule has 1 aromatic carbocycles. The van der Waals surface area contributed by atoms with Gasteiger partial charge in [0, 0.05) is 55.3 Å². The number of para-hydroxylation sites is 1. The van der Waals surface area contributed by atoms with Gasteiger partial charge in [-0.25, -0.2) is 9.97 Å². The molecule has 178 valence electrons.